The summed E-state index contributed by atoms with van der Waals surface area (Å²) >= 11 is 0. The minimum Gasteiger partial charge on any atom is -0.312 e. The Kier molecular flexibility index (Phi) is 8.34. The first kappa shape index (κ1) is 11.9. The normalized spacial score (nSPS) is 13.0. The van der Waals surface area contributed by atoms with Crippen LogP contribution in [0.4, 0.5) is 0 Å². The van der Waals surface area contributed by atoms with Crippen molar-refractivity contribution in [2.45, 2.75) is 46.2 Å². The summed E-state index contributed by atoms with van der Waals surface area (Å²) in [5.74, 6) is 0. The van der Waals surface area contributed by atoms with E-state index in [1.54, 1.807) is 0 Å². The Hall–Kier alpha value is 0.177. The maximum Gasteiger partial charge on any atom is 0.00384 e. The van der Waals surface area contributed by atoms with Crippen molar-refractivity contribution in [3.8, 4) is 0 Å². The van der Waals surface area contributed by atoms with Gasteiger partial charge < -0.3 is 5.32 Å². The first-order valence-electron chi connectivity index (χ1n) is 3.42. The molecule has 0 saturated carbocycles. The van der Waals surface area contributed by atoms with Crippen LogP contribution in [0, 0.1) is 0 Å². The molecule has 0 aromatic carbocycles. The lowest BCUT2D eigenvalue weighted by molar-refractivity contribution is 0.479. The van der Waals surface area contributed by atoms with Crippen LogP contribution in [-0.4, -0.2) is 23.0 Å². The molecule has 0 bridgehead atoms. The summed E-state index contributed by atoms with van der Waals surface area (Å²) in [6, 6.07) is 1.31. The molecule has 1 atom stereocenters. The molecule has 1 unspecified atom stereocenters. The van der Waals surface area contributed by atoms with Gasteiger partial charge in [0.05, 0.1) is 0 Å². The highest BCUT2D eigenvalue weighted by molar-refractivity contribution is 5.75. The van der Waals surface area contributed by atoms with Crippen molar-refractivity contribution < 1.29 is 0 Å². The Labute approximate surface area is 63.3 Å². The van der Waals surface area contributed by atoms with Crippen LogP contribution < -0.4 is 5.32 Å². The van der Waals surface area contributed by atoms with E-state index in [0.717, 1.165) is 0 Å². The zero-order valence-electron chi connectivity index (χ0n) is 6.36. The molecule has 0 saturated heterocycles. The third-order valence-electron chi connectivity index (χ3n) is 1.23. The molecule has 0 aliphatic rings. The minimum absolute atomic E-state index is 0. The van der Waals surface area contributed by atoms with Gasteiger partial charge in [0.15, 0.2) is 0 Å². The van der Waals surface area contributed by atoms with Gasteiger partial charge in [-0.2, -0.15) is 0 Å². The molecule has 0 aliphatic carbocycles. The highest BCUT2D eigenvalue weighted by Crippen LogP contribution is 1.89. The van der Waals surface area contributed by atoms with Gasteiger partial charge in [0.2, 0.25) is 0 Å². The van der Waals surface area contributed by atoms with E-state index in [1.807, 2.05) is 0 Å². The van der Waals surface area contributed by atoms with Crippen LogP contribution in [0.1, 0.15) is 34.1 Å². The molecule has 0 aliphatic heterocycles. The molecule has 0 spiro atoms. The highest BCUT2D eigenvalue weighted by Gasteiger charge is 1.97. The summed E-state index contributed by atoms with van der Waals surface area (Å²) in [5, 5.41) is 3.39. The quantitative estimate of drug-likeness (QED) is 0.567. The van der Waals surface area contributed by atoms with Crippen LogP contribution in [0.25, 0.3) is 0 Å². The Bertz CT molecular complexity index is 54.9. The lowest BCUT2D eigenvalue weighted by Crippen LogP contribution is -2.31. The topological polar surface area (TPSA) is 12.0 Å². The number of nitrogens with one attached hydrogen (secondary N) is 1. The Morgan fingerprint density at radius 2 is 1.67 bits per heavy atom. The SMILES string of the molecule is CCC(C)NC(C)C.[SiH4]. The van der Waals surface area contributed by atoms with Crippen LogP contribution in [0.15, 0.2) is 0 Å². The number of hydrogen-bond donors (Lipinski definition) is 1. The van der Waals surface area contributed by atoms with Crippen molar-refractivity contribution >= 4 is 11.0 Å². The van der Waals surface area contributed by atoms with E-state index in [4.69, 9.17) is 0 Å². The second-order valence-corrected chi connectivity index (χ2v) is 2.63. The van der Waals surface area contributed by atoms with Gasteiger partial charge in [0, 0.05) is 12.1 Å². The fraction of sp³-hybridized carbons (Fsp3) is 1.00. The molecule has 0 radical (unpaired) electrons. The third kappa shape index (κ3) is 8.18. The number of rotatable bonds is 3. The lowest BCUT2D eigenvalue weighted by atomic mass is 10.2. The average molecular weight is 147 g/mol. The molecule has 2 heteroatoms. The van der Waals surface area contributed by atoms with Crippen molar-refractivity contribution in [3.05, 3.63) is 0 Å². The van der Waals surface area contributed by atoms with E-state index in [1.165, 1.54) is 6.42 Å². The van der Waals surface area contributed by atoms with Crippen molar-refractivity contribution in [1.82, 2.24) is 5.32 Å². The molecule has 0 rings (SSSR count). The molecular formula is C7H21NSi. The smallest absolute Gasteiger partial charge is 0.00384 e. The van der Waals surface area contributed by atoms with Crippen molar-refractivity contribution in [2.75, 3.05) is 0 Å². The predicted molar refractivity (Wildman–Crippen MR) is 49.4 cm³/mol. The van der Waals surface area contributed by atoms with Gasteiger partial charge in [0.25, 0.3) is 0 Å². The van der Waals surface area contributed by atoms with Gasteiger partial charge in [-0.1, -0.05) is 20.8 Å². The summed E-state index contributed by atoms with van der Waals surface area (Å²) in [4.78, 5) is 0. The molecule has 0 fully saturated rings. The van der Waals surface area contributed by atoms with Crippen molar-refractivity contribution in [1.29, 1.82) is 0 Å². The third-order valence-corrected chi connectivity index (χ3v) is 1.23. The summed E-state index contributed by atoms with van der Waals surface area (Å²) < 4.78 is 0. The molecule has 1 nitrogen and oxygen atoms in total. The van der Waals surface area contributed by atoms with Gasteiger partial charge in [0.1, 0.15) is 0 Å². The predicted octanol–water partition coefficient (Wildman–Crippen LogP) is 0.331. The van der Waals surface area contributed by atoms with E-state index in [2.05, 4.69) is 33.0 Å². The first-order chi connectivity index (χ1) is 3.66. The van der Waals surface area contributed by atoms with Crippen LogP contribution >= 0.6 is 0 Å². The summed E-state index contributed by atoms with van der Waals surface area (Å²) in [5.41, 5.74) is 0. The van der Waals surface area contributed by atoms with Gasteiger partial charge in [-0.25, -0.2) is 0 Å². The Morgan fingerprint density at radius 3 is 1.78 bits per heavy atom. The van der Waals surface area contributed by atoms with Crippen LogP contribution in [0.5, 0.6) is 0 Å². The fourth-order valence-corrected chi connectivity index (χ4v) is 0.687. The monoisotopic (exact) mass is 147 g/mol. The van der Waals surface area contributed by atoms with Crippen LogP contribution in [-0.2, 0) is 0 Å². The molecule has 9 heavy (non-hydrogen) atoms. The van der Waals surface area contributed by atoms with E-state index in [0.29, 0.717) is 12.1 Å². The summed E-state index contributed by atoms with van der Waals surface area (Å²) in [6.45, 7) is 8.75. The molecular weight excluding hydrogens is 126 g/mol. The zero-order chi connectivity index (χ0) is 6.57. The lowest BCUT2D eigenvalue weighted by Gasteiger charge is -2.13. The van der Waals surface area contributed by atoms with Crippen LogP contribution in [0.3, 0.4) is 0 Å². The maximum atomic E-state index is 3.39. The average Bonchev–Trinajstić information content (AvgIpc) is 1.65. The van der Waals surface area contributed by atoms with Gasteiger partial charge in [-0.3, -0.25) is 0 Å². The van der Waals surface area contributed by atoms with E-state index in [-0.39, 0.29) is 11.0 Å². The highest BCUT2D eigenvalue weighted by atomic mass is 28.1. The van der Waals surface area contributed by atoms with Crippen molar-refractivity contribution in [3.63, 3.8) is 0 Å². The molecule has 0 amide bonds. The first-order valence-corrected chi connectivity index (χ1v) is 3.42. The molecule has 58 valence electrons. The zero-order valence-corrected chi connectivity index (χ0v) is 6.36. The summed E-state index contributed by atoms with van der Waals surface area (Å²) in [6.07, 6.45) is 1.22. The molecule has 1 N–H and O–H groups in total. The Morgan fingerprint density at radius 1 is 1.22 bits per heavy atom. The van der Waals surface area contributed by atoms with Crippen molar-refractivity contribution in [2.24, 2.45) is 0 Å². The van der Waals surface area contributed by atoms with Gasteiger partial charge in [-0.05, 0) is 24.3 Å². The fourth-order valence-electron chi connectivity index (χ4n) is 0.687. The Balaban J connectivity index is 0. The van der Waals surface area contributed by atoms with E-state index >= 15 is 0 Å². The minimum atomic E-state index is 0. The standard InChI is InChI=1S/C7H17N.H4Si/c1-5-7(4)8-6(2)3;/h6-8H,5H2,1-4H3;1H4. The number of hydrogen-bond acceptors (Lipinski definition) is 1. The molecule has 0 aromatic rings. The molecule has 0 aromatic heterocycles. The van der Waals surface area contributed by atoms with Gasteiger partial charge >= 0.3 is 0 Å². The molecule has 0 heterocycles. The van der Waals surface area contributed by atoms with E-state index < -0.39 is 0 Å². The maximum absolute atomic E-state index is 3.39. The second-order valence-electron chi connectivity index (χ2n) is 2.63. The second kappa shape index (κ2) is 6.30. The van der Waals surface area contributed by atoms with Crippen LogP contribution in [0.2, 0.25) is 0 Å². The summed E-state index contributed by atoms with van der Waals surface area (Å²) in [7, 11) is 0. The largest absolute Gasteiger partial charge is 0.312 e. The van der Waals surface area contributed by atoms with E-state index in [9.17, 15) is 0 Å². The van der Waals surface area contributed by atoms with Gasteiger partial charge in [-0.15, -0.1) is 0 Å².